The third-order valence-electron chi connectivity index (χ3n) is 7.32. The van der Waals surface area contributed by atoms with Crippen molar-refractivity contribution in [3.05, 3.63) is 136 Å². The van der Waals surface area contributed by atoms with Crippen molar-refractivity contribution in [1.82, 2.24) is 4.57 Å². The molecule has 3 heterocycles. The van der Waals surface area contributed by atoms with Gasteiger partial charge in [0.05, 0.1) is 34.0 Å². The topological polar surface area (TPSA) is 92.3 Å². The van der Waals surface area contributed by atoms with E-state index in [1.165, 1.54) is 15.9 Å². The fourth-order valence-corrected chi connectivity index (χ4v) is 7.06. The van der Waals surface area contributed by atoms with Crippen molar-refractivity contribution < 1.29 is 23.4 Å². The normalized spacial score (nSPS) is 14.5. The van der Waals surface area contributed by atoms with Crippen molar-refractivity contribution in [1.29, 1.82) is 0 Å². The van der Waals surface area contributed by atoms with Crippen LogP contribution < -0.4 is 24.4 Å². The Balaban J connectivity index is 1.42. The van der Waals surface area contributed by atoms with Crippen molar-refractivity contribution in [2.75, 3.05) is 13.7 Å². The molecule has 0 bridgehead atoms. The Morgan fingerprint density at radius 2 is 1.83 bits per heavy atom. The number of allylic oxidation sites excluding steroid dienone is 1. The molecule has 0 amide bonds. The molecule has 3 aromatic carbocycles. The number of furan rings is 1. The first-order chi connectivity index (χ1) is 22.3. The van der Waals surface area contributed by atoms with Crippen molar-refractivity contribution >= 4 is 55.2 Å². The van der Waals surface area contributed by atoms with Crippen LogP contribution in [0.3, 0.4) is 0 Å². The number of carbonyl (C=O) groups is 1. The number of benzene rings is 3. The van der Waals surface area contributed by atoms with Crippen LogP contribution >= 0.6 is 43.2 Å². The maximum Gasteiger partial charge on any atom is 0.338 e. The fourth-order valence-electron chi connectivity index (χ4n) is 5.17. The van der Waals surface area contributed by atoms with Gasteiger partial charge in [-0.25, -0.2) is 9.79 Å². The number of halogens is 2. The van der Waals surface area contributed by atoms with Gasteiger partial charge in [0.25, 0.3) is 5.56 Å². The van der Waals surface area contributed by atoms with E-state index in [1.54, 1.807) is 33.1 Å². The number of nitrogens with zero attached hydrogens (tertiary/aromatic N) is 2. The van der Waals surface area contributed by atoms with Crippen LogP contribution in [0.4, 0.5) is 0 Å². The molecule has 0 radical (unpaired) electrons. The lowest BCUT2D eigenvalue weighted by Gasteiger charge is -2.22. The molecule has 1 aliphatic rings. The number of ether oxygens (including phenoxy) is 3. The van der Waals surface area contributed by atoms with Crippen LogP contribution in [0, 0.1) is 0 Å². The van der Waals surface area contributed by atoms with E-state index in [-0.39, 0.29) is 17.7 Å². The SMILES string of the molecule is CCOC(=O)C1=C(C)N=c2s/c(=C\c3cc(Br)c(OCc4ccccc4)c(OC)c3)c(=O)n2[C@H]1c1ccc(-c2ccc(Br)cc2)o1. The van der Waals surface area contributed by atoms with E-state index in [2.05, 4.69) is 36.9 Å². The van der Waals surface area contributed by atoms with Gasteiger partial charge in [0.2, 0.25) is 0 Å². The summed E-state index contributed by atoms with van der Waals surface area (Å²) < 4.78 is 27.0. The Hall–Kier alpha value is -4.19. The van der Waals surface area contributed by atoms with Crippen LogP contribution in [0.1, 0.15) is 36.8 Å². The largest absolute Gasteiger partial charge is 0.493 e. The zero-order valence-corrected chi connectivity index (χ0v) is 29.1. The molecular formula is C35H28Br2N2O6S. The van der Waals surface area contributed by atoms with Gasteiger partial charge in [0, 0.05) is 10.0 Å². The summed E-state index contributed by atoms with van der Waals surface area (Å²) in [7, 11) is 1.57. The van der Waals surface area contributed by atoms with E-state index < -0.39 is 12.0 Å². The van der Waals surface area contributed by atoms with Crippen molar-refractivity contribution in [2.45, 2.75) is 26.5 Å². The third-order valence-corrected chi connectivity index (χ3v) is 9.42. The molecule has 0 N–H and O–H groups in total. The lowest BCUT2D eigenvalue weighted by Crippen LogP contribution is -2.39. The Labute approximate surface area is 285 Å². The summed E-state index contributed by atoms with van der Waals surface area (Å²) in [5.74, 6) is 1.54. The number of fused-ring (bicyclic) bond motifs is 1. The summed E-state index contributed by atoms with van der Waals surface area (Å²) in [5.41, 5.74) is 2.99. The second-order valence-electron chi connectivity index (χ2n) is 10.3. The van der Waals surface area contributed by atoms with Gasteiger partial charge in [-0.1, -0.05) is 69.7 Å². The number of rotatable bonds is 9. The number of hydrogen-bond acceptors (Lipinski definition) is 8. The smallest absolute Gasteiger partial charge is 0.338 e. The van der Waals surface area contributed by atoms with Crippen LogP contribution in [0.5, 0.6) is 11.5 Å². The van der Waals surface area contributed by atoms with Crippen LogP contribution in [0.15, 0.2) is 113 Å². The van der Waals surface area contributed by atoms with Crippen LogP contribution in [0.2, 0.25) is 0 Å². The molecule has 0 aliphatic carbocycles. The standard InChI is InChI=1S/C35H28Br2N2O6S/c1-4-43-34(41)30-20(2)38-35-39(31(30)27-15-14-26(45-27)23-10-12-24(36)13-11-23)33(40)29(46-35)18-22-16-25(37)32(28(17-22)42-3)44-19-21-8-6-5-7-9-21/h5-18,31H,4,19H2,1-3H3/b29-18-/t31-/m0/s1. The van der Waals surface area contributed by atoms with Crippen molar-refractivity contribution in [3.8, 4) is 22.8 Å². The van der Waals surface area contributed by atoms with E-state index in [9.17, 15) is 9.59 Å². The maximum atomic E-state index is 14.1. The van der Waals surface area contributed by atoms with Crippen LogP contribution in [-0.4, -0.2) is 24.3 Å². The average molecular weight is 764 g/mol. The fraction of sp³-hybridized carbons (Fsp3) is 0.171. The highest BCUT2D eigenvalue weighted by Crippen LogP contribution is 2.38. The molecule has 11 heteroatoms. The Morgan fingerprint density at radius 3 is 2.54 bits per heavy atom. The number of thiazole rings is 1. The van der Waals surface area contributed by atoms with Gasteiger partial charge in [-0.2, -0.15) is 0 Å². The second-order valence-corrected chi connectivity index (χ2v) is 13.1. The zero-order valence-electron chi connectivity index (χ0n) is 25.1. The predicted molar refractivity (Wildman–Crippen MR) is 184 cm³/mol. The average Bonchev–Trinajstić information content (AvgIpc) is 3.65. The molecule has 5 aromatic rings. The summed E-state index contributed by atoms with van der Waals surface area (Å²) in [4.78, 5) is 32.5. The molecule has 0 saturated carbocycles. The number of methoxy groups -OCH3 is 1. The summed E-state index contributed by atoms with van der Waals surface area (Å²) in [6, 6.07) is 24.0. The second kappa shape index (κ2) is 13.7. The van der Waals surface area contributed by atoms with E-state index >= 15 is 0 Å². The molecule has 234 valence electrons. The number of esters is 1. The molecular weight excluding hydrogens is 736 g/mol. The van der Waals surface area contributed by atoms with Gasteiger partial charge in [-0.05, 0) is 83.4 Å². The van der Waals surface area contributed by atoms with Gasteiger partial charge in [-0.15, -0.1) is 0 Å². The van der Waals surface area contributed by atoms with Crippen molar-refractivity contribution in [2.24, 2.45) is 4.99 Å². The molecule has 0 fully saturated rings. The quantitative estimate of drug-likeness (QED) is 0.148. The van der Waals surface area contributed by atoms with E-state index in [4.69, 9.17) is 18.6 Å². The summed E-state index contributed by atoms with van der Waals surface area (Å²) >= 11 is 8.31. The Morgan fingerprint density at radius 1 is 1.07 bits per heavy atom. The summed E-state index contributed by atoms with van der Waals surface area (Å²) in [6.45, 7) is 4.02. The number of hydrogen-bond donors (Lipinski definition) is 0. The molecule has 46 heavy (non-hydrogen) atoms. The molecule has 0 saturated heterocycles. The van der Waals surface area contributed by atoms with Gasteiger partial charge in [0.1, 0.15) is 24.2 Å². The molecule has 0 spiro atoms. The summed E-state index contributed by atoms with van der Waals surface area (Å²) in [6.07, 6.45) is 1.77. The van der Waals surface area contributed by atoms with E-state index in [1.807, 2.05) is 72.8 Å². The summed E-state index contributed by atoms with van der Waals surface area (Å²) in [5, 5.41) is 0. The van der Waals surface area contributed by atoms with Gasteiger partial charge in [-0.3, -0.25) is 9.36 Å². The first-order valence-electron chi connectivity index (χ1n) is 14.4. The van der Waals surface area contributed by atoms with E-state index in [0.717, 1.165) is 21.2 Å². The highest BCUT2D eigenvalue weighted by molar-refractivity contribution is 9.10. The van der Waals surface area contributed by atoms with Crippen LogP contribution in [0.25, 0.3) is 17.4 Å². The first-order valence-corrected chi connectivity index (χ1v) is 16.8. The Kier molecular flexibility index (Phi) is 9.44. The predicted octanol–water partition coefficient (Wildman–Crippen LogP) is 7.17. The zero-order chi connectivity index (χ0) is 32.4. The van der Waals surface area contributed by atoms with Crippen molar-refractivity contribution in [3.63, 3.8) is 0 Å². The minimum atomic E-state index is -0.864. The van der Waals surface area contributed by atoms with E-state index in [0.29, 0.717) is 49.1 Å². The first kappa shape index (κ1) is 31.8. The van der Waals surface area contributed by atoms with Crippen LogP contribution in [-0.2, 0) is 16.1 Å². The van der Waals surface area contributed by atoms with Gasteiger partial charge >= 0.3 is 5.97 Å². The van der Waals surface area contributed by atoms with Gasteiger partial charge < -0.3 is 18.6 Å². The third kappa shape index (κ3) is 6.40. The molecule has 1 atom stereocenters. The maximum absolute atomic E-state index is 14.1. The molecule has 6 rings (SSSR count). The highest BCUT2D eigenvalue weighted by atomic mass is 79.9. The van der Waals surface area contributed by atoms with Gasteiger partial charge in [0.15, 0.2) is 16.3 Å². The molecule has 8 nitrogen and oxygen atoms in total. The minimum Gasteiger partial charge on any atom is -0.493 e. The minimum absolute atomic E-state index is 0.177. The molecule has 1 aliphatic heterocycles. The lowest BCUT2D eigenvalue weighted by molar-refractivity contribution is -0.139. The lowest BCUT2D eigenvalue weighted by atomic mass is 10.0. The molecule has 0 unspecified atom stereocenters. The number of aromatic nitrogens is 1. The molecule has 2 aromatic heterocycles. The number of carbonyl (C=O) groups excluding carboxylic acids is 1. The Bertz CT molecular complexity index is 2130. The monoisotopic (exact) mass is 762 g/mol. The highest BCUT2D eigenvalue weighted by Gasteiger charge is 2.35.